The zero-order valence-corrected chi connectivity index (χ0v) is 24.3. The molecule has 0 aromatic rings. The third-order valence-corrected chi connectivity index (χ3v) is 11.6. The Kier molecular flexibility index (Phi) is 8.22. The molecule has 3 fully saturated rings. The second-order valence-corrected chi connectivity index (χ2v) is 14.3. The van der Waals surface area contributed by atoms with E-state index < -0.39 is 0 Å². The third kappa shape index (κ3) is 5.17. The van der Waals surface area contributed by atoms with Crippen LogP contribution in [-0.4, -0.2) is 12.1 Å². The van der Waals surface area contributed by atoms with Crippen LogP contribution in [0, 0.1) is 46.3 Å². The van der Waals surface area contributed by atoms with Gasteiger partial charge >= 0.3 is 5.97 Å². The summed E-state index contributed by atoms with van der Waals surface area (Å²) < 4.78 is 5.90. The van der Waals surface area contributed by atoms with Gasteiger partial charge in [0, 0.05) is 17.0 Å². The van der Waals surface area contributed by atoms with E-state index in [1.807, 2.05) is 0 Å². The van der Waals surface area contributed by atoms with Crippen molar-refractivity contribution in [3.8, 4) is 0 Å². The molecular weight excluding hydrogens is 452 g/mol. The molecule has 0 N–H and O–H groups in total. The number of hydrogen-bond acceptors (Lipinski definition) is 2. The molecule has 0 aliphatic heterocycles. The van der Waals surface area contributed by atoms with Crippen molar-refractivity contribution in [1.29, 1.82) is 0 Å². The van der Waals surface area contributed by atoms with E-state index in [2.05, 4.69) is 40.7 Å². The Morgan fingerprint density at radius 1 is 1.06 bits per heavy atom. The standard InChI is InChI=1S/C32H51ClO2/c1-20(2)9-8-10-21(3)27-13-14-28-26-12-11-24-19-25(35-30(34)22(4)23(5)33)15-17-31(24,6)29(26)16-18-32(27,28)7/h11,20-21,25-29H,8-10,12-19H2,1-7H3/b23-22-. The molecule has 4 rings (SSSR count). The number of esters is 1. The molecule has 4 aliphatic carbocycles. The van der Waals surface area contributed by atoms with Gasteiger partial charge in [0.05, 0.1) is 0 Å². The van der Waals surface area contributed by atoms with Crippen LogP contribution in [0.3, 0.4) is 0 Å². The number of rotatable bonds is 7. The van der Waals surface area contributed by atoms with Crippen LogP contribution in [0.1, 0.15) is 119 Å². The molecule has 198 valence electrons. The fourth-order valence-corrected chi connectivity index (χ4v) is 9.21. The summed E-state index contributed by atoms with van der Waals surface area (Å²) in [6.07, 6.45) is 16.8. The lowest BCUT2D eigenvalue weighted by molar-refractivity contribution is -0.146. The molecule has 0 heterocycles. The van der Waals surface area contributed by atoms with E-state index in [1.54, 1.807) is 19.4 Å². The predicted molar refractivity (Wildman–Crippen MR) is 147 cm³/mol. The van der Waals surface area contributed by atoms with Crippen LogP contribution in [-0.2, 0) is 9.53 Å². The monoisotopic (exact) mass is 502 g/mol. The molecule has 35 heavy (non-hydrogen) atoms. The number of carbonyl (C=O) groups is 1. The lowest BCUT2D eigenvalue weighted by atomic mass is 9.47. The largest absolute Gasteiger partial charge is 0.459 e. The van der Waals surface area contributed by atoms with Gasteiger partial charge in [-0.25, -0.2) is 4.79 Å². The summed E-state index contributed by atoms with van der Waals surface area (Å²) in [6.45, 7) is 16.0. The first kappa shape index (κ1) is 27.3. The van der Waals surface area contributed by atoms with Crippen LogP contribution in [0.4, 0.5) is 0 Å². The van der Waals surface area contributed by atoms with Crippen LogP contribution >= 0.6 is 11.6 Å². The highest BCUT2D eigenvalue weighted by Crippen LogP contribution is 2.67. The van der Waals surface area contributed by atoms with Crippen LogP contribution in [0.5, 0.6) is 0 Å². The average molecular weight is 503 g/mol. The summed E-state index contributed by atoms with van der Waals surface area (Å²) in [6, 6.07) is 0. The number of carbonyl (C=O) groups excluding carboxylic acids is 1. The van der Waals surface area contributed by atoms with Crippen LogP contribution in [0.15, 0.2) is 22.3 Å². The number of allylic oxidation sites excluding steroid dienone is 2. The summed E-state index contributed by atoms with van der Waals surface area (Å²) >= 11 is 6.04. The minimum atomic E-state index is -0.242. The Morgan fingerprint density at radius 2 is 1.80 bits per heavy atom. The summed E-state index contributed by atoms with van der Waals surface area (Å²) in [4.78, 5) is 12.5. The molecule has 3 saturated carbocycles. The Morgan fingerprint density at radius 3 is 2.49 bits per heavy atom. The van der Waals surface area contributed by atoms with Crippen molar-refractivity contribution in [3.63, 3.8) is 0 Å². The van der Waals surface area contributed by atoms with Crippen molar-refractivity contribution in [2.45, 2.75) is 125 Å². The quantitative estimate of drug-likeness (QED) is 0.197. The molecule has 0 aromatic heterocycles. The number of hydrogen-bond donors (Lipinski definition) is 0. The van der Waals surface area contributed by atoms with Gasteiger partial charge in [-0.15, -0.1) is 0 Å². The normalized spacial score (nSPS) is 40.3. The minimum absolute atomic E-state index is 0.000692. The van der Waals surface area contributed by atoms with Gasteiger partial charge in [0.2, 0.25) is 0 Å². The Labute approximate surface area is 220 Å². The van der Waals surface area contributed by atoms with Gasteiger partial charge < -0.3 is 4.74 Å². The molecule has 8 atom stereocenters. The van der Waals surface area contributed by atoms with Gasteiger partial charge in [0.25, 0.3) is 0 Å². The van der Waals surface area contributed by atoms with Gasteiger partial charge in [-0.3, -0.25) is 0 Å². The van der Waals surface area contributed by atoms with Crippen molar-refractivity contribution in [1.82, 2.24) is 0 Å². The topological polar surface area (TPSA) is 26.3 Å². The SMILES string of the molecule is C/C(Cl)=C(\C)C(=O)OC1CCC2(C)C(=CCC3C2CCC2(C)C(C(C)CCCC(C)C)CCC32)C1. The van der Waals surface area contributed by atoms with E-state index in [9.17, 15) is 4.79 Å². The summed E-state index contributed by atoms with van der Waals surface area (Å²) in [7, 11) is 0. The second-order valence-electron chi connectivity index (χ2n) is 13.7. The fraction of sp³-hybridized carbons (Fsp3) is 0.844. The molecule has 0 spiro atoms. The van der Waals surface area contributed by atoms with Crippen molar-refractivity contribution in [2.75, 3.05) is 0 Å². The maximum Gasteiger partial charge on any atom is 0.335 e. The van der Waals surface area contributed by atoms with Crippen molar-refractivity contribution in [3.05, 3.63) is 22.3 Å². The number of fused-ring (bicyclic) bond motifs is 5. The lowest BCUT2D eigenvalue weighted by Crippen LogP contribution is -2.51. The second kappa shape index (κ2) is 10.5. The van der Waals surface area contributed by atoms with Crippen molar-refractivity contribution < 1.29 is 9.53 Å². The van der Waals surface area contributed by atoms with Crippen LogP contribution in [0.2, 0.25) is 0 Å². The van der Waals surface area contributed by atoms with E-state index in [0.717, 1.165) is 54.8 Å². The molecule has 2 nitrogen and oxygen atoms in total. The first-order valence-corrected chi connectivity index (χ1v) is 15.1. The number of ether oxygens (including phenoxy) is 1. The smallest absolute Gasteiger partial charge is 0.335 e. The van der Waals surface area contributed by atoms with E-state index in [0.29, 0.717) is 21.4 Å². The molecular formula is C32H51ClO2. The molecule has 0 saturated heterocycles. The third-order valence-electron chi connectivity index (χ3n) is 11.4. The van der Waals surface area contributed by atoms with E-state index >= 15 is 0 Å². The van der Waals surface area contributed by atoms with Crippen molar-refractivity contribution in [2.24, 2.45) is 46.3 Å². The average Bonchev–Trinajstić information content (AvgIpc) is 3.15. The minimum Gasteiger partial charge on any atom is -0.459 e. The van der Waals surface area contributed by atoms with Crippen LogP contribution in [0.25, 0.3) is 0 Å². The lowest BCUT2D eigenvalue weighted by Gasteiger charge is -2.58. The Balaban J connectivity index is 1.44. The highest BCUT2D eigenvalue weighted by molar-refractivity contribution is 6.31. The van der Waals surface area contributed by atoms with E-state index in [1.165, 1.54) is 51.4 Å². The Hall–Kier alpha value is -0.760. The molecule has 8 unspecified atom stereocenters. The van der Waals surface area contributed by atoms with Gasteiger partial charge in [-0.2, -0.15) is 0 Å². The summed E-state index contributed by atoms with van der Waals surface area (Å²) in [5, 5.41) is 0.532. The van der Waals surface area contributed by atoms with Gasteiger partial charge in [-0.05, 0) is 105 Å². The first-order chi connectivity index (χ1) is 16.5. The first-order valence-electron chi connectivity index (χ1n) is 14.7. The molecule has 0 bridgehead atoms. The molecule has 0 amide bonds. The van der Waals surface area contributed by atoms with E-state index in [-0.39, 0.29) is 12.1 Å². The van der Waals surface area contributed by atoms with Crippen LogP contribution < -0.4 is 0 Å². The Bertz CT molecular complexity index is 852. The summed E-state index contributed by atoms with van der Waals surface area (Å²) in [5.41, 5.74) is 2.95. The fourth-order valence-electron chi connectivity index (χ4n) is 9.13. The maximum absolute atomic E-state index is 12.5. The van der Waals surface area contributed by atoms with Gasteiger partial charge in [0.15, 0.2) is 0 Å². The highest BCUT2D eigenvalue weighted by atomic mass is 35.5. The van der Waals surface area contributed by atoms with E-state index in [4.69, 9.17) is 16.3 Å². The summed E-state index contributed by atoms with van der Waals surface area (Å²) in [5.74, 6) is 4.91. The van der Waals surface area contributed by atoms with Gasteiger partial charge in [0.1, 0.15) is 6.10 Å². The zero-order chi connectivity index (χ0) is 25.5. The molecule has 3 heteroatoms. The highest BCUT2D eigenvalue weighted by Gasteiger charge is 2.59. The molecule has 0 aromatic carbocycles. The molecule has 4 aliphatic rings. The van der Waals surface area contributed by atoms with Gasteiger partial charge in [-0.1, -0.05) is 77.1 Å². The van der Waals surface area contributed by atoms with Crippen molar-refractivity contribution >= 4 is 17.6 Å². The zero-order valence-electron chi connectivity index (χ0n) is 23.6. The predicted octanol–water partition coefficient (Wildman–Crippen LogP) is 9.47. The molecule has 0 radical (unpaired) electrons. The number of halogens is 1. The maximum atomic E-state index is 12.5.